The molecule has 55 heavy (non-hydrogen) atoms. The molecule has 3 unspecified atom stereocenters. The van der Waals surface area contributed by atoms with E-state index in [1.165, 1.54) is 57.8 Å². The van der Waals surface area contributed by atoms with Crippen LogP contribution in [-0.4, -0.2) is 71.7 Å². The molecule has 0 saturated heterocycles. The van der Waals surface area contributed by atoms with Gasteiger partial charge in [0, 0.05) is 19.4 Å². The average molecular weight is 800 g/mol. The van der Waals surface area contributed by atoms with Gasteiger partial charge in [0.05, 0.1) is 25.4 Å². The fourth-order valence-corrected chi connectivity index (χ4v) is 6.32. The maximum Gasteiger partial charge on any atom is 0.472 e. The van der Waals surface area contributed by atoms with Crippen LogP contribution in [-0.2, 0) is 32.7 Å². The molecule has 4 atom stereocenters. The molecule has 0 aromatic carbocycles. The number of allylic oxidation sites excluding steroid dienone is 7. The van der Waals surface area contributed by atoms with Gasteiger partial charge in [0.2, 0.25) is 0 Å². The highest BCUT2D eigenvalue weighted by molar-refractivity contribution is 7.47. The zero-order valence-electron chi connectivity index (χ0n) is 34.4. The predicted molar refractivity (Wildman–Crippen MR) is 222 cm³/mol. The molecule has 0 aliphatic heterocycles. The van der Waals surface area contributed by atoms with Crippen molar-refractivity contribution in [3.63, 3.8) is 0 Å². The highest BCUT2D eigenvalue weighted by Crippen LogP contribution is 2.43. The standard InChI is InChI=1S/C43H78NO10P/c1-3-5-7-9-11-13-15-17-18-19-21-23-25-27-29-33-43(48)54-39(38-53-55(49,50)52-36-35-44)37-51-42(47)34-30-32-41(46)40(45)31-28-26-24-22-20-16-14-12-10-8-6-4-2/h12,14,17-18,20,22,26,28,39-41,45-46H,3-11,13,15-16,19,21,23-25,27,29-38,44H2,1-2H3,(H,49,50)/b14-12-,18-17-,22-20-,28-26-/t39-,40?,41?/m1/s1. The third kappa shape index (κ3) is 37.2. The minimum absolute atomic E-state index is 0.0114. The van der Waals surface area contributed by atoms with E-state index in [-0.39, 0.29) is 45.4 Å². The van der Waals surface area contributed by atoms with E-state index >= 15 is 0 Å². The molecule has 12 heteroatoms. The monoisotopic (exact) mass is 800 g/mol. The van der Waals surface area contributed by atoms with Gasteiger partial charge in [0.15, 0.2) is 6.10 Å². The lowest BCUT2D eigenvalue weighted by molar-refractivity contribution is -0.161. The summed E-state index contributed by atoms with van der Waals surface area (Å²) in [5.74, 6) is -1.13. The number of nitrogens with two attached hydrogens (primary N) is 1. The maximum absolute atomic E-state index is 12.6. The molecule has 0 aliphatic rings. The van der Waals surface area contributed by atoms with Crippen molar-refractivity contribution in [3.8, 4) is 0 Å². The molecular weight excluding hydrogens is 721 g/mol. The van der Waals surface area contributed by atoms with Crippen LogP contribution in [0.5, 0.6) is 0 Å². The normalized spacial score (nSPS) is 14.9. The zero-order chi connectivity index (χ0) is 40.7. The summed E-state index contributed by atoms with van der Waals surface area (Å²) in [5.41, 5.74) is 5.33. The van der Waals surface area contributed by atoms with Crippen LogP contribution in [0.4, 0.5) is 0 Å². The van der Waals surface area contributed by atoms with Crippen LogP contribution in [0.2, 0.25) is 0 Å². The highest BCUT2D eigenvalue weighted by atomic mass is 31.2. The number of hydrogen-bond acceptors (Lipinski definition) is 10. The second-order valence-corrected chi connectivity index (χ2v) is 15.6. The number of ether oxygens (including phenoxy) is 2. The molecule has 0 aromatic heterocycles. The minimum Gasteiger partial charge on any atom is -0.462 e. The number of rotatable bonds is 39. The Morgan fingerprint density at radius 2 is 1.13 bits per heavy atom. The molecule has 0 heterocycles. The number of aliphatic hydroxyl groups is 2. The summed E-state index contributed by atoms with van der Waals surface area (Å²) in [6.07, 6.45) is 36.0. The van der Waals surface area contributed by atoms with Gasteiger partial charge in [-0.2, -0.15) is 0 Å². The fraction of sp³-hybridized carbons (Fsp3) is 0.767. The summed E-state index contributed by atoms with van der Waals surface area (Å²) < 4.78 is 32.5. The fourth-order valence-electron chi connectivity index (χ4n) is 5.55. The topological polar surface area (TPSA) is 175 Å². The molecule has 320 valence electrons. The Morgan fingerprint density at radius 1 is 0.618 bits per heavy atom. The van der Waals surface area contributed by atoms with Crippen molar-refractivity contribution in [3.05, 3.63) is 48.6 Å². The van der Waals surface area contributed by atoms with E-state index in [1.54, 1.807) is 0 Å². The highest BCUT2D eigenvalue weighted by Gasteiger charge is 2.26. The van der Waals surface area contributed by atoms with Crippen molar-refractivity contribution in [2.45, 2.75) is 186 Å². The maximum atomic E-state index is 12.6. The lowest BCUT2D eigenvalue weighted by atomic mass is 10.0. The summed E-state index contributed by atoms with van der Waals surface area (Å²) in [7, 11) is -4.45. The molecule has 0 aromatic rings. The molecule has 0 amide bonds. The van der Waals surface area contributed by atoms with Gasteiger partial charge in [0.25, 0.3) is 0 Å². The first-order valence-corrected chi connectivity index (χ1v) is 22.8. The number of aliphatic hydroxyl groups excluding tert-OH is 2. The van der Waals surface area contributed by atoms with Crippen molar-refractivity contribution in [1.29, 1.82) is 0 Å². The van der Waals surface area contributed by atoms with Crippen LogP contribution in [0, 0.1) is 0 Å². The molecule has 0 bridgehead atoms. The van der Waals surface area contributed by atoms with E-state index in [9.17, 15) is 29.3 Å². The van der Waals surface area contributed by atoms with Gasteiger partial charge >= 0.3 is 19.8 Å². The van der Waals surface area contributed by atoms with Crippen LogP contribution >= 0.6 is 7.82 Å². The van der Waals surface area contributed by atoms with Crippen LogP contribution in [0.15, 0.2) is 48.6 Å². The molecule has 11 nitrogen and oxygen atoms in total. The van der Waals surface area contributed by atoms with Crippen LogP contribution in [0.3, 0.4) is 0 Å². The summed E-state index contributed by atoms with van der Waals surface area (Å²) >= 11 is 0. The Balaban J connectivity index is 4.43. The van der Waals surface area contributed by atoms with Crippen molar-refractivity contribution in [2.24, 2.45) is 5.73 Å². The number of phosphoric acid groups is 1. The summed E-state index contributed by atoms with van der Waals surface area (Å²) in [4.78, 5) is 34.9. The molecule has 0 rings (SSSR count). The Hall–Kier alpha value is -2.11. The van der Waals surface area contributed by atoms with Crippen molar-refractivity contribution in [2.75, 3.05) is 26.4 Å². The number of unbranched alkanes of at least 4 members (excludes halogenated alkanes) is 14. The van der Waals surface area contributed by atoms with Crippen LogP contribution in [0.25, 0.3) is 0 Å². The molecule has 0 fully saturated rings. The first-order valence-electron chi connectivity index (χ1n) is 21.3. The average Bonchev–Trinajstić information content (AvgIpc) is 3.16. The molecule has 0 spiro atoms. The largest absolute Gasteiger partial charge is 0.472 e. The van der Waals surface area contributed by atoms with Crippen molar-refractivity contribution in [1.82, 2.24) is 0 Å². The van der Waals surface area contributed by atoms with Crippen molar-refractivity contribution >= 4 is 19.8 Å². The lowest BCUT2D eigenvalue weighted by Gasteiger charge is -2.20. The molecular formula is C43H78NO10P. The second kappa shape index (κ2) is 38.7. The summed E-state index contributed by atoms with van der Waals surface area (Å²) in [6.45, 7) is 3.34. The Bertz CT molecular complexity index is 1080. The Labute approximate surface area is 333 Å². The van der Waals surface area contributed by atoms with Gasteiger partial charge in [-0.1, -0.05) is 127 Å². The quantitative estimate of drug-likeness (QED) is 0.0202. The van der Waals surface area contributed by atoms with Crippen LogP contribution < -0.4 is 5.73 Å². The minimum atomic E-state index is -4.45. The third-order valence-corrected chi connectivity index (χ3v) is 9.87. The number of phosphoric ester groups is 1. The second-order valence-electron chi connectivity index (χ2n) is 14.2. The number of esters is 2. The first-order chi connectivity index (χ1) is 26.6. The lowest BCUT2D eigenvalue weighted by Crippen LogP contribution is -2.30. The van der Waals surface area contributed by atoms with Gasteiger partial charge in [0.1, 0.15) is 6.61 Å². The van der Waals surface area contributed by atoms with Gasteiger partial charge in [-0.25, -0.2) is 4.57 Å². The predicted octanol–water partition coefficient (Wildman–Crippen LogP) is 9.88. The number of carbonyl (C=O) groups is 2. The summed E-state index contributed by atoms with van der Waals surface area (Å²) in [5, 5.41) is 20.6. The van der Waals surface area contributed by atoms with Gasteiger partial charge in [-0.05, 0) is 77.0 Å². The molecule has 5 N–H and O–H groups in total. The summed E-state index contributed by atoms with van der Waals surface area (Å²) in [6, 6.07) is 0. The molecule has 0 aliphatic carbocycles. The van der Waals surface area contributed by atoms with E-state index < -0.39 is 44.7 Å². The first kappa shape index (κ1) is 52.9. The number of carbonyl (C=O) groups excluding carboxylic acids is 2. The van der Waals surface area contributed by atoms with E-state index in [0.29, 0.717) is 12.8 Å². The van der Waals surface area contributed by atoms with E-state index in [1.807, 2.05) is 12.2 Å². The van der Waals surface area contributed by atoms with E-state index in [0.717, 1.165) is 57.8 Å². The van der Waals surface area contributed by atoms with Gasteiger partial charge in [-0.15, -0.1) is 0 Å². The van der Waals surface area contributed by atoms with Crippen LogP contribution in [0.1, 0.15) is 168 Å². The van der Waals surface area contributed by atoms with E-state index in [2.05, 4.69) is 50.3 Å². The van der Waals surface area contributed by atoms with E-state index in [4.69, 9.17) is 24.3 Å². The number of hydrogen-bond donors (Lipinski definition) is 4. The van der Waals surface area contributed by atoms with Crippen molar-refractivity contribution < 1.29 is 47.8 Å². The molecule has 0 saturated carbocycles. The van der Waals surface area contributed by atoms with Gasteiger partial charge < -0.3 is 30.3 Å². The zero-order valence-corrected chi connectivity index (χ0v) is 35.3. The van der Waals surface area contributed by atoms with Gasteiger partial charge in [-0.3, -0.25) is 18.6 Å². The third-order valence-electron chi connectivity index (χ3n) is 8.89. The SMILES string of the molecule is CCCCC/C=C\C/C=C\C/C=C\CC(O)C(O)CCCC(=O)OC[C@H](COP(=O)(O)OCCN)OC(=O)CCCCCCC/C=C\CCCCCCCC. The molecule has 0 radical (unpaired) electrons. The Morgan fingerprint density at radius 3 is 1.76 bits per heavy atom. The Kier molecular flexibility index (Phi) is 37.3. The smallest absolute Gasteiger partial charge is 0.462 e.